The lowest BCUT2D eigenvalue weighted by molar-refractivity contribution is 0.303. The van der Waals surface area contributed by atoms with Gasteiger partial charge in [-0.15, -0.1) is 0 Å². The Morgan fingerprint density at radius 2 is 1.59 bits per heavy atom. The Hall–Kier alpha value is -2.03. The molecule has 0 aliphatic rings. The van der Waals surface area contributed by atoms with Gasteiger partial charge >= 0.3 is 0 Å². The third-order valence-electron chi connectivity index (χ3n) is 4.91. The second-order valence-corrected chi connectivity index (χ2v) is 7.30. The van der Waals surface area contributed by atoms with Crippen molar-refractivity contribution in [3.05, 3.63) is 42.1 Å². The number of phenols is 1. The number of ether oxygens (including phenoxy) is 1. The summed E-state index contributed by atoms with van der Waals surface area (Å²) in [6.45, 7) is 5.14. The van der Waals surface area contributed by atoms with Gasteiger partial charge in [-0.3, -0.25) is 4.98 Å². The normalized spacial score (nSPS) is 10.9. The van der Waals surface area contributed by atoms with E-state index in [0.29, 0.717) is 6.61 Å². The average molecular weight is 370 g/mol. The van der Waals surface area contributed by atoms with Crippen molar-refractivity contribution >= 4 is 0 Å². The first kappa shape index (κ1) is 21.3. The molecule has 2 aromatic rings. The van der Waals surface area contributed by atoms with E-state index < -0.39 is 0 Å². The van der Waals surface area contributed by atoms with Crippen LogP contribution >= 0.6 is 0 Å². The third-order valence-corrected chi connectivity index (χ3v) is 4.91. The van der Waals surface area contributed by atoms with Crippen LogP contribution in [0.1, 0.15) is 77.2 Å². The molecule has 0 bridgehead atoms. The predicted octanol–water partition coefficient (Wildman–Crippen LogP) is 6.93. The molecule has 0 aliphatic carbocycles. The summed E-state index contributed by atoms with van der Waals surface area (Å²) in [5, 5.41) is 10.4. The van der Waals surface area contributed by atoms with E-state index in [-0.39, 0.29) is 5.75 Å². The molecule has 2 rings (SSSR count). The maximum absolute atomic E-state index is 10.4. The Bertz CT molecular complexity index is 652. The van der Waals surface area contributed by atoms with Crippen molar-refractivity contribution in [1.82, 2.24) is 4.98 Å². The lowest BCUT2D eigenvalue weighted by atomic mass is 10.1. The molecule has 0 saturated carbocycles. The topological polar surface area (TPSA) is 42.4 Å². The van der Waals surface area contributed by atoms with Crippen LogP contribution in [-0.2, 0) is 6.42 Å². The van der Waals surface area contributed by atoms with Crippen molar-refractivity contribution in [3.8, 4) is 22.8 Å². The first-order valence-corrected chi connectivity index (χ1v) is 10.7. The molecule has 1 aromatic carbocycles. The van der Waals surface area contributed by atoms with Crippen LogP contribution in [0.5, 0.6) is 11.5 Å². The maximum atomic E-state index is 10.4. The first-order chi connectivity index (χ1) is 13.2. The summed E-state index contributed by atoms with van der Waals surface area (Å²) in [6.07, 6.45) is 14.2. The van der Waals surface area contributed by atoms with Crippen molar-refractivity contribution < 1.29 is 9.84 Å². The maximum Gasteiger partial charge on any atom is 0.128 e. The van der Waals surface area contributed by atoms with Gasteiger partial charge in [-0.25, -0.2) is 0 Å². The summed E-state index contributed by atoms with van der Waals surface area (Å²) in [5.74, 6) is 0.942. The second-order valence-electron chi connectivity index (χ2n) is 7.30. The number of aryl methyl sites for hydroxylation is 1. The molecule has 0 aliphatic heterocycles. The van der Waals surface area contributed by atoms with E-state index in [1.54, 1.807) is 6.07 Å². The van der Waals surface area contributed by atoms with Crippen LogP contribution in [-0.4, -0.2) is 16.7 Å². The highest BCUT2D eigenvalue weighted by Crippen LogP contribution is 2.31. The number of phenolic OH excluding ortho intramolecular Hbond substituents is 1. The van der Waals surface area contributed by atoms with Crippen molar-refractivity contribution in [2.75, 3.05) is 6.61 Å². The monoisotopic (exact) mass is 369 g/mol. The summed E-state index contributed by atoms with van der Waals surface area (Å²) in [7, 11) is 0. The Morgan fingerprint density at radius 1 is 0.852 bits per heavy atom. The minimum Gasteiger partial charge on any atom is -0.507 e. The Kier molecular flexibility index (Phi) is 9.75. The van der Waals surface area contributed by atoms with Crippen LogP contribution in [0.3, 0.4) is 0 Å². The van der Waals surface area contributed by atoms with Crippen molar-refractivity contribution in [1.29, 1.82) is 0 Å². The van der Waals surface area contributed by atoms with Gasteiger partial charge in [0.15, 0.2) is 0 Å². The number of hydrogen-bond donors (Lipinski definition) is 1. The van der Waals surface area contributed by atoms with E-state index in [9.17, 15) is 5.11 Å². The zero-order chi connectivity index (χ0) is 19.3. The molecule has 0 radical (unpaired) electrons. The number of aromatic nitrogens is 1. The predicted molar refractivity (Wildman–Crippen MR) is 113 cm³/mol. The molecule has 3 nitrogen and oxygen atoms in total. The molecular formula is C24H35NO2. The van der Waals surface area contributed by atoms with E-state index >= 15 is 0 Å². The quantitative estimate of drug-likeness (QED) is 0.389. The molecule has 3 heteroatoms. The minimum atomic E-state index is 0.223. The highest BCUT2D eigenvalue weighted by molar-refractivity contribution is 5.68. The molecular weight excluding hydrogens is 334 g/mol. The lowest BCUT2D eigenvalue weighted by Gasteiger charge is -2.10. The molecule has 0 fully saturated rings. The number of unbranched alkanes of at least 4 members (excludes halogenated alkanes) is 7. The second kappa shape index (κ2) is 12.4. The smallest absolute Gasteiger partial charge is 0.128 e. The molecule has 1 heterocycles. The number of pyridine rings is 1. The SMILES string of the molecule is CCCCCCCc1ccc(-c2ccc(OCCCCCC)cc2O)nc1. The summed E-state index contributed by atoms with van der Waals surface area (Å²) in [5.41, 5.74) is 2.82. The van der Waals surface area contributed by atoms with Gasteiger partial charge in [0.1, 0.15) is 11.5 Å². The van der Waals surface area contributed by atoms with Gasteiger partial charge in [0, 0.05) is 17.8 Å². The fourth-order valence-corrected chi connectivity index (χ4v) is 3.20. The van der Waals surface area contributed by atoms with E-state index in [4.69, 9.17) is 4.74 Å². The molecule has 0 spiro atoms. The number of aromatic hydroxyl groups is 1. The zero-order valence-electron chi connectivity index (χ0n) is 17.0. The average Bonchev–Trinajstić information content (AvgIpc) is 2.68. The Balaban J connectivity index is 1.86. The van der Waals surface area contributed by atoms with E-state index in [0.717, 1.165) is 29.8 Å². The summed E-state index contributed by atoms with van der Waals surface area (Å²) < 4.78 is 5.74. The molecule has 148 valence electrons. The highest BCUT2D eigenvalue weighted by atomic mass is 16.5. The molecule has 1 aromatic heterocycles. The summed E-state index contributed by atoms with van der Waals surface area (Å²) >= 11 is 0. The Labute approximate surface area is 164 Å². The van der Waals surface area contributed by atoms with Crippen molar-refractivity contribution in [2.45, 2.75) is 78.1 Å². The Morgan fingerprint density at radius 3 is 2.26 bits per heavy atom. The number of benzene rings is 1. The molecule has 0 saturated heterocycles. The number of nitrogens with zero attached hydrogens (tertiary/aromatic N) is 1. The van der Waals surface area contributed by atoms with Gasteiger partial charge in [0.2, 0.25) is 0 Å². The fraction of sp³-hybridized carbons (Fsp3) is 0.542. The third kappa shape index (κ3) is 7.62. The van der Waals surface area contributed by atoms with Crippen molar-refractivity contribution in [3.63, 3.8) is 0 Å². The van der Waals surface area contributed by atoms with Gasteiger partial charge in [0.05, 0.1) is 12.3 Å². The summed E-state index contributed by atoms with van der Waals surface area (Å²) in [6, 6.07) is 9.63. The molecule has 0 unspecified atom stereocenters. The van der Waals surface area contributed by atoms with Gasteiger partial charge in [-0.2, -0.15) is 0 Å². The molecule has 0 amide bonds. The van der Waals surface area contributed by atoms with Crippen LogP contribution < -0.4 is 4.74 Å². The largest absolute Gasteiger partial charge is 0.507 e. The van der Waals surface area contributed by atoms with Crippen LogP contribution in [0, 0.1) is 0 Å². The van der Waals surface area contributed by atoms with E-state index in [1.165, 1.54) is 56.9 Å². The van der Waals surface area contributed by atoms with Gasteiger partial charge < -0.3 is 9.84 Å². The standard InChI is InChI=1S/C24H35NO2/c1-3-5-7-9-10-12-20-13-16-23(25-19-20)22-15-14-21(18-24(22)26)27-17-11-8-6-4-2/h13-16,18-19,26H,3-12,17H2,1-2H3. The van der Waals surface area contributed by atoms with Crippen LogP contribution in [0.25, 0.3) is 11.3 Å². The zero-order valence-corrected chi connectivity index (χ0v) is 17.0. The molecule has 1 N–H and O–H groups in total. The van der Waals surface area contributed by atoms with Gasteiger partial charge in [-0.05, 0) is 43.0 Å². The van der Waals surface area contributed by atoms with Gasteiger partial charge in [-0.1, -0.05) is 64.9 Å². The minimum absolute atomic E-state index is 0.223. The number of hydrogen-bond acceptors (Lipinski definition) is 3. The van der Waals surface area contributed by atoms with E-state index in [2.05, 4.69) is 24.9 Å². The lowest BCUT2D eigenvalue weighted by Crippen LogP contribution is -1.97. The van der Waals surface area contributed by atoms with E-state index in [1.807, 2.05) is 24.4 Å². The van der Waals surface area contributed by atoms with Crippen LogP contribution in [0.2, 0.25) is 0 Å². The first-order valence-electron chi connectivity index (χ1n) is 10.7. The van der Waals surface area contributed by atoms with Gasteiger partial charge in [0.25, 0.3) is 0 Å². The number of rotatable bonds is 13. The summed E-state index contributed by atoms with van der Waals surface area (Å²) in [4.78, 5) is 4.55. The molecule has 0 atom stereocenters. The van der Waals surface area contributed by atoms with Crippen molar-refractivity contribution in [2.24, 2.45) is 0 Å². The fourth-order valence-electron chi connectivity index (χ4n) is 3.20. The highest BCUT2D eigenvalue weighted by Gasteiger charge is 2.08. The molecule has 27 heavy (non-hydrogen) atoms. The van der Waals surface area contributed by atoms with Crippen LogP contribution in [0.4, 0.5) is 0 Å². The van der Waals surface area contributed by atoms with Crippen LogP contribution in [0.15, 0.2) is 36.5 Å².